The second-order valence-corrected chi connectivity index (χ2v) is 7.52. The molecule has 2 aliphatic rings. The lowest BCUT2D eigenvalue weighted by Gasteiger charge is -2.32. The molecule has 21 heavy (non-hydrogen) atoms. The normalized spacial score (nSPS) is 31.3. The third-order valence-electron chi connectivity index (χ3n) is 4.10. The monoisotopic (exact) mass is 314 g/mol. The van der Waals surface area contributed by atoms with Crippen LogP contribution in [0.3, 0.4) is 0 Å². The molecule has 0 aromatic heterocycles. The molecular weight excluding hydrogens is 292 g/mol. The van der Waals surface area contributed by atoms with Gasteiger partial charge in [-0.2, -0.15) is 0 Å². The number of carbonyl (C=O) groups excluding carboxylic acids is 3. The van der Waals surface area contributed by atoms with Gasteiger partial charge in [0.2, 0.25) is 11.8 Å². The fourth-order valence-corrected chi connectivity index (χ4v) is 4.74. The summed E-state index contributed by atoms with van der Waals surface area (Å²) in [6.45, 7) is 5.35. The number of ether oxygens (including phenoxy) is 1. The summed E-state index contributed by atoms with van der Waals surface area (Å²) >= 11 is 1.67. The highest BCUT2D eigenvalue weighted by molar-refractivity contribution is 7.99. The molecule has 2 aliphatic heterocycles. The van der Waals surface area contributed by atoms with E-state index in [1.807, 2.05) is 13.8 Å². The maximum atomic E-state index is 12.8. The van der Waals surface area contributed by atoms with E-state index in [1.165, 1.54) is 14.0 Å². The molecule has 0 radical (unpaired) electrons. The number of hydrogen-bond donors (Lipinski definition) is 1. The van der Waals surface area contributed by atoms with E-state index in [4.69, 9.17) is 4.74 Å². The Morgan fingerprint density at radius 3 is 2.67 bits per heavy atom. The Balaban J connectivity index is 2.32. The highest BCUT2D eigenvalue weighted by atomic mass is 32.2. The number of nitrogens with zero attached hydrogens (tertiary/aromatic N) is 1. The zero-order valence-corrected chi connectivity index (χ0v) is 13.7. The summed E-state index contributed by atoms with van der Waals surface area (Å²) in [6, 6.07) is -1.15. The van der Waals surface area contributed by atoms with Gasteiger partial charge in [-0.3, -0.25) is 9.59 Å². The third kappa shape index (κ3) is 3.02. The molecule has 2 fully saturated rings. The number of hydrogen-bond acceptors (Lipinski definition) is 5. The molecule has 0 saturated carbocycles. The summed E-state index contributed by atoms with van der Waals surface area (Å²) in [5.74, 6) is -0.0204. The predicted molar refractivity (Wildman–Crippen MR) is 79.5 cm³/mol. The van der Waals surface area contributed by atoms with Crippen LogP contribution in [0.25, 0.3) is 0 Å². The molecule has 6 nitrogen and oxygen atoms in total. The van der Waals surface area contributed by atoms with Crippen molar-refractivity contribution in [1.82, 2.24) is 10.2 Å². The fraction of sp³-hybridized carbons (Fsp3) is 0.786. The lowest BCUT2D eigenvalue weighted by atomic mass is 9.84. The van der Waals surface area contributed by atoms with Crippen molar-refractivity contribution in [3.05, 3.63) is 0 Å². The van der Waals surface area contributed by atoms with Crippen LogP contribution in [0.5, 0.6) is 0 Å². The first-order valence-corrected chi connectivity index (χ1v) is 8.11. The van der Waals surface area contributed by atoms with E-state index in [0.29, 0.717) is 6.42 Å². The SMILES string of the molecule is COC(=O)[C@H]1N2C(=O)[C@@H](NC(C)=O)CCSC2CC1(C)C. The molecule has 2 amide bonds. The molecule has 0 aliphatic carbocycles. The Labute approximate surface area is 129 Å². The van der Waals surface area contributed by atoms with Gasteiger partial charge in [0.05, 0.1) is 12.5 Å². The number of carbonyl (C=O) groups is 3. The molecule has 118 valence electrons. The molecular formula is C14H22N2O4S. The number of rotatable bonds is 2. The first-order chi connectivity index (χ1) is 9.77. The van der Waals surface area contributed by atoms with E-state index in [0.717, 1.165) is 12.2 Å². The molecule has 0 aromatic rings. The molecule has 7 heteroatoms. The van der Waals surface area contributed by atoms with Crippen molar-refractivity contribution in [2.24, 2.45) is 5.41 Å². The van der Waals surface area contributed by atoms with Crippen LogP contribution in [0, 0.1) is 5.41 Å². The first kappa shape index (κ1) is 16.1. The van der Waals surface area contributed by atoms with E-state index in [9.17, 15) is 14.4 Å². The van der Waals surface area contributed by atoms with Crippen LogP contribution in [-0.4, -0.2) is 53.0 Å². The highest BCUT2D eigenvalue weighted by Crippen LogP contribution is 2.46. The number of methoxy groups -OCH3 is 1. The first-order valence-electron chi connectivity index (χ1n) is 7.06. The maximum absolute atomic E-state index is 12.8. The van der Waals surface area contributed by atoms with Gasteiger partial charge < -0.3 is 15.0 Å². The Hall–Kier alpha value is -1.24. The van der Waals surface area contributed by atoms with Gasteiger partial charge in [-0.1, -0.05) is 13.8 Å². The van der Waals surface area contributed by atoms with E-state index in [-0.39, 0.29) is 28.6 Å². The van der Waals surface area contributed by atoms with Gasteiger partial charge in [-0.25, -0.2) is 4.79 Å². The minimum Gasteiger partial charge on any atom is -0.467 e. The lowest BCUT2D eigenvalue weighted by Crippen LogP contribution is -2.54. The van der Waals surface area contributed by atoms with Crippen LogP contribution in [-0.2, 0) is 19.1 Å². The standard InChI is InChI=1S/C14H22N2O4S/c1-8(17)15-9-5-6-21-10-7-14(2,3)11(13(19)20-4)16(10)12(9)18/h9-11H,5-7H2,1-4H3,(H,15,17)/t9-,10?,11+/m0/s1. The van der Waals surface area contributed by atoms with E-state index < -0.39 is 12.1 Å². The largest absolute Gasteiger partial charge is 0.467 e. The van der Waals surface area contributed by atoms with Crippen LogP contribution in [0.2, 0.25) is 0 Å². The Morgan fingerprint density at radius 2 is 2.10 bits per heavy atom. The summed E-state index contributed by atoms with van der Waals surface area (Å²) in [6.07, 6.45) is 1.33. The third-order valence-corrected chi connectivity index (χ3v) is 5.35. The Morgan fingerprint density at radius 1 is 1.43 bits per heavy atom. The van der Waals surface area contributed by atoms with Crippen LogP contribution >= 0.6 is 11.8 Å². The minimum atomic E-state index is -0.596. The number of amides is 2. The van der Waals surface area contributed by atoms with E-state index in [2.05, 4.69) is 5.32 Å². The van der Waals surface area contributed by atoms with Crippen molar-refractivity contribution in [3.63, 3.8) is 0 Å². The number of fused-ring (bicyclic) bond motifs is 1. The van der Waals surface area contributed by atoms with Gasteiger partial charge in [-0.15, -0.1) is 11.8 Å². The summed E-state index contributed by atoms with van der Waals surface area (Å²) in [7, 11) is 1.34. The number of nitrogens with one attached hydrogen (secondary N) is 1. The molecule has 0 bridgehead atoms. The van der Waals surface area contributed by atoms with Gasteiger partial charge in [0.15, 0.2) is 0 Å². The zero-order chi connectivity index (χ0) is 15.8. The molecule has 0 spiro atoms. The molecule has 2 rings (SSSR count). The van der Waals surface area contributed by atoms with E-state index >= 15 is 0 Å². The topological polar surface area (TPSA) is 75.7 Å². The summed E-state index contributed by atoms with van der Waals surface area (Å²) in [4.78, 5) is 37.8. The van der Waals surface area contributed by atoms with E-state index in [1.54, 1.807) is 16.7 Å². The minimum absolute atomic E-state index is 0.0321. The number of thioether (sulfide) groups is 1. The molecule has 0 aromatic carbocycles. The van der Waals surface area contributed by atoms with Crippen molar-refractivity contribution in [2.45, 2.75) is 51.1 Å². The lowest BCUT2D eigenvalue weighted by molar-refractivity contribution is -0.155. The number of esters is 1. The average Bonchev–Trinajstić information content (AvgIpc) is 2.58. The van der Waals surface area contributed by atoms with Crippen LogP contribution in [0.1, 0.15) is 33.6 Å². The van der Waals surface area contributed by atoms with Gasteiger partial charge in [0, 0.05) is 6.92 Å². The van der Waals surface area contributed by atoms with Crippen molar-refractivity contribution in [1.29, 1.82) is 0 Å². The second-order valence-electron chi connectivity index (χ2n) is 6.23. The van der Waals surface area contributed by atoms with Crippen LogP contribution < -0.4 is 5.32 Å². The molecule has 2 saturated heterocycles. The smallest absolute Gasteiger partial charge is 0.329 e. The van der Waals surface area contributed by atoms with Crippen molar-refractivity contribution >= 4 is 29.5 Å². The summed E-state index contributed by atoms with van der Waals surface area (Å²) in [5, 5.41) is 2.66. The Bertz CT molecular complexity index is 466. The highest BCUT2D eigenvalue weighted by Gasteiger charge is 2.54. The van der Waals surface area contributed by atoms with Gasteiger partial charge in [-0.05, 0) is 24.0 Å². The van der Waals surface area contributed by atoms with Crippen LogP contribution in [0.15, 0.2) is 0 Å². The molecule has 2 heterocycles. The summed E-state index contributed by atoms with van der Waals surface area (Å²) < 4.78 is 4.89. The van der Waals surface area contributed by atoms with Crippen molar-refractivity contribution in [3.8, 4) is 0 Å². The molecule has 1 unspecified atom stereocenters. The Kier molecular flexibility index (Phi) is 4.51. The zero-order valence-electron chi connectivity index (χ0n) is 12.8. The second kappa shape index (κ2) is 5.87. The van der Waals surface area contributed by atoms with Crippen molar-refractivity contribution < 1.29 is 19.1 Å². The van der Waals surface area contributed by atoms with Crippen molar-refractivity contribution in [2.75, 3.05) is 12.9 Å². The maximum Gasteiger partial charge on any atom is 0.329 e. The molecule has 1 N–H and O–H groups in total. The average molecular weight is 314 g/mol. The quantitative estimate of drug-likeness (QED) is 0.761. The molecule has 3 atom stereocenters. The summed E-state index contributed by atoms with van der Waals surface area (Å²) in [5.41, 5.74) is -0.335. The van der Waals surface area contributed by atoms with Gasteiger partial charge in [0.25, 0.3) is 0 Å². The van der Waals surface area contributed by atoms with Gasteiger partial charge >= 0.3 is 5.97 Å². The predicted octanol–water partition coefficient (Wildman–Crippen LogP) is 0.754. The van der Waals surface area contributed by atoms with Gasteiger partial charge in [0.1, 0.15) is 12.1 Å². The fourth-order valence-electron chi connectivity index (χ4n) is 3.16. The van der Waals surface area contributed by atoms with Crippen LogP contribution in [0.4, 0.5) is 0 Å².